The molecule has 3 heteroatoms. The second-order valence-corrected chi connectivity index (χ2v) is 4.01. The maximum Gasteiger partial charge on any atom is 0.0442 e. The molecule has 2 N–H and O–H groups in total. The monoisotopic (exact) mass is 219 g/mol. The van der Waals surface area contributed by atoms with E-state index in [4.69, 9.17) is 5.73 Å². The van der Waals surface area contributed by atoms with Gasteiger partial charge in [0.25, 0.3) is 0 Å². The van der Waals surface area contributed by atoms with Crippen molar-refractivity contribution in [1.82, 2.24) is 4.98 Å². The van der Waals surface area contributed by atoms with Crippen LogP contribution in [0.15, 0.2) is 24.9 Å². The second-order valence-electron chi connectivity index (χ2n) is 4.01. The molecule has 0 spiro atoms. The number of nitrogens with zero attached hydrogens (tertiary/aromatic N) is 2. The van der Waals surface area contributed by atoms with Crippen LogP contribution < -0.4 is 10.6 Å². The Bertz CT molecular complexity index is 347. The summed E-state index contributed by atoms with van der Waals surface area (Å²) in [5, 5.41) is 0. The van der Waals surface area contributed by atoms with E-state index in [1.807, 2.05) is 19.2 Å². The van der Waals surface area contributed by atoms with Crippen molar-refractivity contribution >= 4 is 5.69 Å². The van der Waals surface area contributed by atoms with E-state index < -0.39 is 0 Å². The Hall–Kier alpha value is -1.35. The zero-order valence-electron chi connectivity index (χ0n) is 10.2. The zero-order chi connectivity index (χ0) is 12.0. The summed E-state index contributed by atoms with van der Waals surface area (Å²) in [6.07, 6.45) is 5.99. The molecule has 16 heavy (non-hydrogen) atoms. The van der Waals surface area contributed by atoms with Gasteiger partial charge in [-0.15, -0.1) is 6.58 Å². The molecule has 0 aromatic carbocycles. The molecule has 88 valence electrons. The van der Waals surface area contributed by atoms with Crippen molar-refractivity contribution in [3.8, 4) is 0 Å². The highest BCUT2D eigenvalue weighted by Gasteiger charge is 2.06. The summed E-state index contributed by atoms with van der Waals surface area (Å²) in [5.74, 6) is 0. The van der Waals surface area contributed by atoms with Crippen molar-refractivity contribution in [1.29, 1.82) is 0 Å². The van der Waals surface area contributed by atoms with Crippen LogP contribution in [0.25, 0.3) is 0 Å². The number of aromatic nitrogens is 1. The minimum Gasteiger partial charge on any atom is -0.374 e. The van der Waals surface area contributed by atoms with Gasteiger partial charge in [-0.2, -0.15) is 0 Å². The average Bonchev–Trinajstić information content (AvgIpc) is 2.29. The van der Waals surface area contributed by atoms with Crippen LogP contribution in [0.3, 0.4) is 0 Å². The summed E-state index contributed by atoms with van der Waals surface area (Å²) < 4.78 is 0. The number of aryl methyl sites for hydroxylation is 1. The Morgan fingerprint density at radius 1 is 1.56 bits per heavy atom. The van der Waals surface area contributed by atoms with Crippen molar-refractivity contribution in [2.45, 2.75) is 26.3 Å². The molecule has 0 amide bonds. The van der Waals surface area contributed by atoms with Crippen molar-refractivity contribution in [3.63, 3.8) is 0 Å². The molecular formula is C13H21N3. The van der Waals surface area contributed by atoms with Crippen molar-refractivity contribution in [2.24, 2.45) is 5.73 Å². The van der Waals surface area contributed by atoms with E-state index >= 15 is 0 Å². The van der Waals surface area contributed by atoms with Gasteiger partial charge in [0.15, 0.2) is 0 Å². The number of allylic oxidation sites excluding steroid dienone is 1. The van der Waals surface area contributed by atoms with Crippen LogP contribution in [0.5, 0.6) is 0 Å². The summed E-state index contributed by atoms with van der Waals surface area (Å²) >= 11 is 0. The first-order valence-corrected chi connectivity index (χ1v) is 5.66. The number of hydrogen-bond acceptors (Lipinski definition) is 3. The van der Waals surface area contributed by atoms with Crippen molar-refractivity contribution in [3.05, 3.63) is 36.2 Å². The van der Waals surface area contributed by atoms with E-state index in [1.54, 1.807) is 0 Å². The first-order valence-electron chi connectivity index (χ1n) is 5.66. The number of hydrogen-bond donors (Lipinski definition) is 1. The fraction of sp³-hybridized carbons (Fsp3) is 0.462. The van der Waals surface area contributed by atoms with Gasteiger partial charge >= 0.3 is 0 Å². The van der Waals surface area contributed by atoms with Crippen molar-refractivity contribution < 1.29 is 0 Å². The van der Waals surface area contributed by atoms with Crippen LogP contribution in [-0.2, 0) is 6.54 Å². The Labute approximate surface area is 98.0 Å². The molecule has 1 aromatic rings. The average molecular weight is 219 g/mol. The molecular weight excluding hydrogens is 198 g/mol. The van der Waals surface area contributed by atoms with Gasteiger partial charge in [0.05, 0.1) is 0 Å². The molecule has 0 aliphatic carbocycles. The maximum absolute atomic E-state index is 5.71. The third kappa shape index (κ3) is 3.35. The van der Waals surface area contributed by atoms with E-state index in [-0.39, 0.29) is 0 Å². The quantitative estimate of drug-likeness (QED) is 0.589. The molecule has 1 rings (SSSR count). The Balaban J connectivity index is 2.75. The van der Waals surface area contributed by atoms with Crippen LogP contribution in [0.2, 0.25) is 0 Å². The Morgan fingerprint density at radius 3 is 2.94 bits per heavy atom. The molecule has 0 fully saturated rings. The molecule has 3 nitrogen and oxygen atoms in total. The molecule has 0 aliphatic rings. The van der Waals surface area contributed by atoms with Crippen LogP contribution >= 0.6 is 0 Å². The number of anilines is 1. The topological polar surface area (TPSA) is 42.2 Å². The van der Waals surface area contributed by atoms with Gasteiger partial charge in [0.1, 0.15) is 0 Å². The lowest BCUT2D eigenvalue weighted by Crippen LogP contribution is -2.21. The molecule has 0 saturated carbocycles. The molecule has 1 aromatic heterocycles. The first kappa shape index (κ1) is 12.7. The highest BCUT2D eigenvalue weighted by Crippen LogP contribution is 2.19. The van der Waals surface area contributed by atoms with E-state index in [9.17, 15) is 0 Å². The lowest BCUT2D eigenvalue weighted by atomic mass is 10.2. The Morgan fingerprint density at radius 2 is 2.31 bits per heavy atom. The van der Waals surface area contributed by atoms with Gasteiger partial charge in [-0.25, -0.2) is 0 Å². The fourth-order valence-corrected chi connectivity index (χ4v) is 1.68. The zero-order valence-corrected chi connectivity index (χ0v) is 10.2. The van der Waals surface area contributed by atoms with E-state index in [0.29, 0.717) is 6.54 Å². The molecule has 0 bridgehead atoms. The van der Waals surface area contributed by atoms with Gasteiger partial charge in [0, 0.05) is 43.3 Å². The standard InChI is InChI=1S/C13H21N3/c1-4-5-6-7-16(3)13-8-11(2)15-10-12(13)9-14/h4,8,10H,1,5-7,9,14H2,2-3H3. The van der Waals surface area contributed by atoms with Crippen LogP contribution in [0, 0.1) is 6.92 Å². The smallest absolute Gasteiger partial charge is 0.0442 e. The Kier molecular flexibility index (Phi) is 4.99. The largest absolute Gasteiger partial charge is 0.374 e. The summed E-state index contributed by atoms with van der Waals surface area (Å²) in [5.41, 5.74) is 9.04. The normalized spacial score (nSPS) is 10.2. The first-order chi connectivity index (χ1) is 7.69. The number of pyridine rings is 1. The van der Waals surface area contributed by atoms with Gasteiger partial charge < -0.3 is 10.6 Å². The van der Waals surface area contributed by atoms with Gasteiger partial charge in [-0.3, -0.25) is 4.98 Å². The molecule has 0 saturated heterocycles. The highest BCUT2D eigenvalue weighted by molar-refractivity contribution is 5.52. The third-order valence-electron chi connectivity index (χ3n) is 2.63. The van der Waals surface area contributed by atoms with Crippen LogP contribution in [0.4, 0.5) is 5.69 Å². The van der Waals surface area contributed by atoms with Gasteiger partial charge in [-0.1, -0.05) is 6.08 Å². The minimum atomic E-state index is 0.536. The molecule has 1 heterocycles. The number of unbranched alkanes of at least 4 members (excludes halogenated alkanes) is 1. The summed E-state index contributed by atoms with van der Waals surface area (Å²) in [7, 11) is 2.09. The number of nitrogens with two attached hydrogens (primary N) is 1. The van der Waals surface area contributed by atoms with Gasteiger partial charge in [0.2, 0.25) is 0 Å². The van der Waals surface area contributed by atoms with Gasteiger partial charge in [-0.05, 0) is 25.8 Å². The molecule has 0 unspecified atom stereocenters. The van der Waals surface area contributed by atoms with E-state index in [1.165, 1.54) is 5.69 Å². The highest BCUT2D eigenvalue weighted by atomic mass is 15.1. The minimum absolute atomic E-state index is 0.536. The predicted molar refractivity (Wildman–Crippen MR) is 69.6 cm³/mol. The summed E-state index contributed by atoms with van der Waals surface area (Å²) in [4.78, 5) is 6.50. The molecule has 0 radical (unpaired) electrons. The van der Waals surface area contributed by atoms with E-state index in [2.05, 4.69) is 29.6 Å². The lowest BCUT2D eigenvalue weighted by molar-refractivity contribution is 0.794. The third-order valence-corrected chi connectivity index (χ3v) is 2.63. The lowest BCUT2D eigenvalue weighted by Gasteiger charge is -2.22. The van der Waals surface area contributed by atoms with E-state index in [0.717, 1.165) is 30.6 Å². The molecule has 0 atom stereocenters. The van der Waals surface area contributed by atoms with Crippen LogP contribution in [-0.4, -0.2) is 18.6 Å². The van der Waals surface area contributed by atoms with Crippen LogP contribution in [0.1, 0.15) is 24.1 Å². The fourth-order valence-electron chi connectivity index (χ4n) is 1.68. The summed E-state index contributed by atoms with van der Waals surface area (Å²) in [6, 6.07) is 2.09. The molecule has 0 aliphatic heterocycles. The maximum atomic E-state index is 5.71. The summed E-state index contributed by atoms with van der Waals surface area (Å²) in [6.45, 7) is 7.28. The van der Waals surface area contributed by atoms with Crippen molar-refractivity contribution in [2.75, 3.05) is 18.5 Å². The SMILES string of the molecule is C=CCCCN(C)c1cc(C)ncc1CN. The second kappa shape index (κ2) is 6.28. The predicted octanol–water partition coefficient (Wildman–Crippen LogP) is 2.25. The number of rotatable bonds is 6.